The average Bonchev–Trinajstić information content (AvgIpc) is 3.24. The van der Waals surface area contributed by atoms with Gasteiger partial charge in [0.05, 0.1) is 23.5 Å². The third-order valence-electron chi connectivity index (χ3n) is 6.14. The smallest absolute Gasteiger partial charge is 0.275 e. The average molecular weight is 503 g/mol. The van der Waals surface area contributed by atoms with Crippen LogP contribution in [0.25, 0.3) is 16.8 Å². The van der Waals surface area contributed by atoms with Crippen molar-refractivity contribution in [3.63, 3.8) is 0 Å². The Hall–Kier alpha value is -2.84. The second kappa shape index (κ2) is 11.3. The van der Waals surface area contributed by atoms with Gasteiger partial charge in [0.2, 0.25) is 5.91 Å². The van der Waals surface area contributed by atoms with Crippen LogP contribution in [0.4, 0.5) is 4.39 Å². The van der Waals surface area contributed by atoms with E-state index in [0.29, 0.717) is 29.1 Å². The number of likely N-dealkylation sites (tertiary alicyclic amines) is 1. The molecule has 1 fully saturated rings. The van der Waals surface area contributed by atoms with E-state index in [1.807, 2.05) is 13.8 Å². The molecule has 0 unspecified atom stereocenters. The molecule has 9 heteroatoms. The van der Waals surface area contributed by atoms with Crippen LogP contribution in [-0.4, -0.2) is 52.1 Å². The van der Waals surface area contributed by atoms with Gasteiger partial charge in [0, 0.05) is 30.4 Å². The van der Waals surface area contributed by atoms with Crippen molar-refractivity contribution in [3.8, 4) is 17.0 Å². The number of hydrogen-bond acceptors (Lipinski definition) is 4. The second-order valence-corrected chi connectivity index (χ2v) is 9.74. The number of fused-ring (bicyclic) bond motifs is 1. The van der Waals surface area contributed by atoms with Crippen molar-refractivity contribution < 1.29 is 13.9 Å². The summed E-state index contributed by atoms with van der Waals surface area (Å²) in [7, 11) is 0. The van der Waals surface area contributed by atoms with Gasteiger partial charge in [0.1, 0.15) is 23.6 Å². The highest BCUT2D eigenvalue weighted by molar-refractivity contribution is 6.31. The summed E-state index contributed by atoms with van der Waals surface area (Å²) in [4.78, 5) is 28.4. The lowest BCUT2D eigenvalue weighted by Gasteiger charge is -2.26. The number of carbonyl (C=O) groups is 1. The lowest BCUT2D eigenvalue weighted by atomic mass is 10.1. The van der Waals surface area contributed by atoms with Crippen molar-refractivity contribution in [3.05, 3.63) is 57.9 Å². The lowest BCUT2D eigenvalue weighted by Crippen LogP contribution is -2.36. The van der Waals surface area contributed by atoms with E-state index in [0.717, 1.165) is 26.1 Å². The first-order valence-corrected chi connectivity index (χ1v) is 12.5. The number of amides is 1. The number of hydrogen-bond donors (Lipinski definition) is 1. The summed E-state index contributed by atoms with van der Waals surface area (Å²) in [5.41, 5.74) is 1.04. The molecule has 1 saturated heterocycles. The third kappa shape index (κ3) is 6.24. The van der Waals surface area contributed by atoms with E-state index in [9.17, 15) is 14.0 Å². The van der Waals surface area contributed by atoms with E-state index in [4.69, 9.17) is 16.3 Å². The van der Waals surface area contributed by atoms with Gasteiger partial charge in [0.25, 0.3) is 5.56 Å². The van der Waals surface area contributed by atoms with Gasteiger partial charge in [-0.3, -0.25) is 14.2 Å². The number of ether oxygens (including phenoxy) is 1. The number of aromatic nitrogens is 2. The highest BCUT2D eigenvalue weighted by Gasteiger charge is 2.17. The van der Waals surface area contributed by atoms with E-state index in [1.54, 1.807) is 28.9 Å². The highest BCUT2D eigenvalue weighted by atomic mass is 35.5. The highest BCUT2D eigenvalue weighted by Crippen LogP contribution is 2.26. The molecule has 1 N–H and O–H groups in total. The Kier molecular flexibility index (Phi) is 8.13. The Labute approximate surface area is 209 Å². The monoisotopic (exact) mass is 502 g/mol. The van der Waals surface area contributed by atoms with Crippen LogP contribution in [0.3, 0.4) is 0 Å². The summed E-state index contributed by atoms with van der Waals surface area (Å²) in [5, 5.41) is 2.76. The van der Waals surface area contributed by atoms with E-state index in [-0.39, 0.29) is 29.1 Å². The first-order chi connectivity index (χ1) is 16.8. The largest absolute Gasteiger partial charge is 0.492 e. The molecule has 0 atom stereocenters. The van der Waals surface area contributed by atoms with E-state index in [1.165, 1.54) is 36.0 Å². The summed E-state index contributed by atoms with van der Waals surface area (Å²) in [6, 6.07) is 5.87. The number of halogens is 2. The fraction of sp³-hybridized carbons (Fsp3) is 0.462. The number of piperidine rings is 1. The molecule has 0 aliphatic carbocycles. The van der Waals surface area contributed by atoms with Crippen LogP contribution in [0.15, 0.2) is 41.5 Å². The molecule has 1 aliphatic heterocycles. The molecule has 0 spiro atoms. The molecule has 35 heavy (non-hydrogen) atoms. The molecule has 0 radical (unpaired) electrons. The summed E-state index contributed by atoms with van der Waals surface area (Å²) in [5.74, 6) is -0.251. The fourth-order valence-corrected chi connectivity index (χ4v) is 4.66. The standard InChI is InChI=1S/C26H32ClFN4O3/c1-18(2)29-25(33)17-32-24(19-7-8-22(28)21(27)13-19)16-31-15-20(14-23(31)26(32)34)35-12-6-11-30-9-4-3-5-10-30/h7-8,13-16,18H,3-6,9-12,17H2,1-2H3,(H,29,33). The Morgan fingerprint density at radius 1 is 1.17 bits per heavy atom. The Morgan fingerprint density at radius 2 is 1.94 bits per heavy atom. The van der Waals surface area contributed by atoms with Crippen LogP contribution in [-0.2, 0) is 11.3 Å². The second-order valence-electron chi connectivity index (χ2n) is 9.33. The number of benzene rings is 1. The van der Waals surface area contributed by atoms with Crippen LogP contribution in [0.1, 0.15) is 39.5 Å². The van der Waals surface area contributed by atoms with E-state index >= 15 is 0 Å². The van der Waals surface area contributed by atoms with Gasteiger partial charge in [-0.1, -0.05) is 18.0 Å². The maximum absolute atomic E-state index is 13.8. The van der Waals surface area contributed by atoms with Crippen molar-refractivity contribution in [2.75, 3.05) is 26.2 Å². The molecular formula is C26H32ClFN4O3. The Bertz CT molecular complexity index is 1250. The maximum atomic E-state index is 13.8. The molecule has 1 aliphatic rings. The molecule has 188 valence electrons. The quantitative estimate of drug-likeness (QED) is 0.442. The minimum Gasteiger partial charge on any atom is -0.492 e. The molecule has 1 amide bonds. The van der Waals surface area contributed by atoms with Crippen molar-refractivity contribution in [2.45, 2.75) is 52.1 Å². The van der Waals surface area contributed by atoms with Gasteiger partial charge in [-0.05, 0) is 64.4 Å². The third-order valence-corrected chi connectivity index (χ3v) is 6.43. The van der Waals surface area contributed by atoms with Gasteiger partial charge in [-0.25, -0.2) is 4.39 Å². The topological polar surface area (TPSA) is 68.0 Å². The van der Waals surface area contributed by atoms with Crippen LogP contribution in [0.2, 0.25) is 5.02 Å². The minimum atomic E-state index is -0.552. The zero-order valence-corrected chi connectivity index (χ0v) is 21.0. The summed E-state index contributed by atoms with van der Waals surface area (Å²) in [6.45, 7) is 7.39. The molecule has 7 nitrogen and oxygen atoms in total. The number of rotatable bonds is 9. The zero-order valence-electron chi connectivity index (χ0n) is 20.2. The number of nitrogens with one attached hydrogen (secondary N) is 1. The molecule has 1 aromatic carbocycles. The SMILES string of the molecule is CC(C)NC(=O)Cn1c(-c2ccc(F)c(Cl)c2)cn2cc(OCCCN3CCCCC3)cc2c1=O. The normalized spacial score (nSPS) is 14.5. The molecule has 4 rings (SSSR count). The fourth-order valence-electron chi connectivity index (χ4n) is 4.48. The van der Waals surface area contributed by atoms with Crippen LogP contribution in [0.5, 0.6) is 5.75 Å². The van der Waals surface area contributed by atoms with E-state index in [2.05, 4.69) is 10.2 Å². The van der Waals surface area contributed by atoms with Gasteiger partial charge in [-0.15, -0.1) is 0 Å². The van der Waals surface area contributed by atoms with Crippen LogP contribution in [0, 0.1) is 5.82 Å². The Balaban J connectivity index is 1.60. The summed E-state index contributed by atoms with van der Waals surface area (Å²) in [6.07, 6.45) is 8.23. The van der Waals surface area contributed by atoms with E-state index < -0.39 is 5.82 Å². The van der Waals surface area contributed by atoms with Crippen molar-refractivity contribution >= 4 is 23.0 Å². The molecule has 0 bridgehead atoms. The van der Waals surface area contributed by atoms with Gasteiger partial charge >= 0.3 is 0 Å². The van der Waals surface area contributed by atoms with Gasteiger partial charge in [-0.2, -0.15) is 0 Å². The van der Waals surface area contributed by atoms with Crippen LogP contribution < -0.4 is 15.6 Å². The number of nitrogens with zero attached hydrogens (tertiary/aromatic N) is 3. The molecular weight excluding hydrogens is 471 g/mol. The van der Waals surface area contributed by atoms with Crippen molar-refractivity contribution in [1.29, 1.82) is 0 Å². The molecule has 0 saturated carbocycles. The predicted molar refractivity (Wildman–Crippen MR) is 136 cm³/mol. The lowest BCUT2D eigenvalue weighted by molar-refractivity contribution is -0.122. The first kappa shape index (κ1) is 25.3. The van der Waals surface area contributed by atoms with Gasteiger partial charge < -0.3 is 19.4 Å². The summed E-state index contributed by atoms with van der Waals surface area (Å²) < 4.78 is 22.8. The minimum absolute atomic E-state index is 0.0570. The first-order valence-electron chi connectivity index (χ1n) is 12.2. The van der Waals surface area contributed by atoms with Crippen molar-refractivity contribution in [2.24, 2.45) is 0 Å². The zero-order chi connectivity index (χ0) is 24.9. The maximum Gasteiger partial charge on any atom is 0.275 e. The van der Waals surface area contributed by atoms with Crippen molar-refractivity contribution in [1.82, 2.24) is 19.2 Å². The Morgan fingerprint density at radius 3 is 2.66 bits per heavy atom. The van der Waals surface area contributed by atoms with Gasteiger partial charge in [0.15, 0.2) is 0 Å². The number of carbonyl (C=O) groups excluding carboxylic acids is 1. The predicted octanol–water partition coefficient (Wildman–Crippen LogP) is 4.34. The summed E-state index contributed by atoms with van der Waals surface area (Å²) >= 11 is 6.01. The molecule has 3 heterocycles. The molecule has 2 aromatic heterocycles. The molecule has 3 aromatic rings. The van der Waals surface area contributed by atoms with Crippen LogP contribution >= 0.6 is 11.6 Å².